The van der Waals surface area contributed by atoms with E-state index in [1.165, 1.54) is 0 Å². The summed E-state index contributed by atoms with van der Waals surface area (Å²) in [6.07, 6.45) is 1.79. The highest BCUT2D eigenvalue weighted by atomic mass is 16.5. The van der Waals surface area contributed by atoms with Gasteiger partial charge < -0.3 is 10.1 Å². The normalized spacial score (nSPS) is 16.5. The second-order valence-electron chi connectivity index (χ2n) is 4.62. The van der Waals surface area contributed by atoms with E-state index in [-0.39, 0.29) is 0 Å². The monoisotopic (exact) mass is 265 g/mol. The number of nitrogens with one attached hydrogen (secondary N) is 1. The molecule has 0 aliphatic carbocycles. The molecule has 6 nitrogen and oxygen atoms in total. The van der Waals surface area contributed by atoms with E-state index in [0.29, 0.717) is 5.95 Å². The summed E-state index contributed by atoms with van der Waals surface area (Å²) in [5, 5.41) is 11.6. The third-order valence-corrected chi connectivity index (χ3v) is 3.32. The smallest absolute Gasteiger partial charge is 0.243 e. The molecule has 1 saturated heterocycles. The van der Waals surface area contributed by atoms with Crippen LogP contribution in [0.5, 0.6) is 0 Å². The largest absolute Gasteiger partial charge is 0.379 e. The lowest BCUT2D eigenvalue weighted by Gasteiger charge is -2.26. The van der Waals surface area contributed by atoms with Crippen LogP contribution in [0.25, 0.3) is 0 Å². The highest BCUT2D eigenvalue weighted by molar-refractivity contribution is 5.25. The van der Waals surface area contributed by atoms with Gasteiger partial charge in [-0.3, -0.25) is 4.90 Å². The second kappa shape index (κ2) is 7.35. The zero-order valence-electron chi connectivity index (χ0n) is 11.9. The van der Waals surface area contributed by atoms with Crippen molar-refractivity contribution < 1.29 is 4.74 Å². The van der Waals surface area contributed by atoms with Gasteiger partial charge >= 0.3 is 0 Å². The summed E-state index contributed by atoms with van der Waals surface area (Å²) in [7, 11) is 0. The molecule has 1 fully saturated rings. The van der Waals surface area contributed by atoms with Crippen LogP contribution in [0.1, 0.15) is 25.2 Å². The Morgan fingerprint density at radius 3 is 2.53 bits per heavy atom. The molecule has 1 aliphatic rings. The fraction of sp³-hybridized carbons (Fsp3) is 0.769. The maximum absolute atomic E-state index is 5.32. The van der Waals surface area contributed by atoms with Crippen molar-refractivity contribution in [2.75, 3.05) is 44.7 Å². The molecule has 2 heterocycles. The predicted molar refractivity (Wildman–Crippen MR) is 74.3 cm³/mol. The average Bonchev–Trinajstić information content (AvgIpc) is 2.48. The Kier molecular flexibility index (Phi) is 5.47. The van der Waals surface area contributed by atoms with E-state index in [4.69, 9.17) is 4.74 Å². The topological polar surface area (TPSA) is 63.2 Å². The van der Waals surface area contributed by atoms with Gasteiger partial charge in [0.25, 0.3) is 0 Å². The molecule has 1 aromatic heterocycles. The Labute approximate surface area is 114 Å². The van der Waals surface area contributed by atoms with E-state index >= 15 is 0 Å². The molecule has 0 atom stereocenters. The van der Waals surface area contributed by atoms with Gasteiger partial charge in [0.05, 0.1) is 24.6 Å². The van der Waals surface area contributed by atoms with Gasteiger partial charge in [-0.1, -0.05) is 13.8 Å². The van der Waals surface area contributed by atoms with E-state index < -0.39 is 0 Å². The fourth-order valence-corrected chi connectivity index (χ4v) is 2.16. The molecule has 0 aromatic carbocycles. The first-order valence-electron chi connectivity index (χ1n) is 7.10. The molecule has 1 N–H and O–H groups in total. The van der Waals surface area contributed by atoms with Crippen LogP contribution < -0.4 is 5.32 Å². The predicted octanol–water partition coefficient (Wildman–Crippen LogP) is 0.740. The van der Waals surface area contributed by atoms with Crippen LogP contribution in [0.2, 0.25) is 0 Å². The van der Waals surface area contributed by atoms with Crippen molar-refractivity contribution in [1.29, 1.82) is 0 Å². The van der Waals surface area contributed by atoms with Crippen molar-refractivity contribution in [3.05, 3.63) is 11.4 Å². The van der Waals surface area contributed by atoms with Gasteiger partial charge in [-0.15, -0.1) is 5.10 Å². The molecule has 19 heavy (non-hydrogen) atoms. The molecule has 1 aromatic rings. The van der Waals surface area contributed by atoms with Crippen LogP contribution in [0, 0.1) is 0 Å². The molecule has 0 saturated carbocycles. The van der Waals surface area contributed by atoms with Crippen molar-refractivity contribution in [2.24, 2.45) is 0 Å². The van der Waals surface area contributed by atoms with Crippen LogP contribution >= 0.6 is 0 Å². The van der Waals surface area contributed by atoms with Crippen LogP contribution in [-0.2, 0) is 17.6 Å². The summed E-state index contributed by atoms with van der Waals surface area (Å²) in [6.45, 7) is 9.70. The Hall–Kier alpha value is -1.27. The number of hydrogen-bond donors (Lipinski definition) is 1. The summed E-state index contributed by atoms with van der Waals surface area (Å²) >= 11 is 0. The number of aromatic nitrogens is 3. The van der Waals surface area contributed by atoms with E-state index in [2.05, 4.69) is 39.2 Å². The van der Waals surface area contributed by atoms with Crippen LogP contribution in [-0.4, -0.2) is 59.5 Å². The van der Waals surface area contributed by atoms with Crippen LogP contribution in [0.4, 0.5) is 5.95 Å². The number of ether oxygens (including phenoxy) is 1. The lowest BCUT2D eigenvalue weighted by atomic mass is 10.2. The summed E-state index contributed by atoms with van der Waals surface area (Å²) in [4.78, 5) is 6.90. The minimum absolute atomic E-state index is 0.641. The van der Waals surface area contributed by atoms with Crippen molar-refractivity contribution >= 4 is 5.95 Å². The van der Waals surface area contributed by atoms with Crippen molar-refractivity contribution in [2.45, 2.75) is 26.7 Å². The highest BCUT2D eigenvalue weighted by Gasteiger charge is 2.10. The number of nitrogens with zero attached hydrogens (tertiary/aromatic N) is 4. The molecular weight excluding hydrogens is 242 g/mol. The van der Waals surface area contributed by atoms with Gasteiger partial charge in [0.1, 0.15) is 0 Å². The Balaban J connectivity index is 1.81. The minimum Gasteiger partial charge on any atom is -0.379 e. The molecule has 0 bridgehead atoms. The molecule has 1 aliphatic heterocycles. The molecule has 0 amide bonds. The molecular formula is C13H23N5O. The fourth-order valence-electron chi connectivity index (χ4n) is 2.16. The molecule has 2 rings (SSSR count). The number of morpholine rings is 1. The van der Waals surface area contributed by atoms with Gasteiger partial charge in [-0.05, 0) is 12.8 Å². The van der Waals surface area contributed by atoms with Gasteiger partial charge in [0.2, 0.25) is 5.95 Å². The highest BCUT2D eigenvalue weighted by Crippen LogP contribution is 2.06. The third kappa shape index (κ3) is 4.11. The first kappa shape index (κ1) is 14.1. The quantitative estimate of drug-likeness (QED) is 0.818. The Bertz CT molecular complexity index is 393. The number of anilines is 1. The van der Waals surface area contributed by atoms with E-state index in [9.17, 15) is 0 Å². The zero-order chi connectivity index (χ0) is 13.5. The van der Waals surface area contributed by atoms with E-state index in [0.717, 1.165) is 63.6 Å². The van der Waals surface area contributed by atoms with Crippen molar-refractivity contribution in [3.63, 3.8) is 0 Å². The first-order valence-corrected chi connectivity index (χ1v) is 7.10. The van der Waals surface area contributed by atoms with Gasteiger partial charge in [0, 0.05) is 26.2 Å². The number of aryl methyl sites for hydroxylation is 2. The lowest BCUT2D eigenvalue weighted by molar-refractivity contribution is 0.0398. The summed E-state index contributed by atoms with van der Waals surface area (Å²) < 4.78 is 5.32. The van der Waals surface area contributed by atoms with Crippen LogP contribution in [0.3, 0.4) is 0 Å². The van der Waals surface area contributed by atoms with Crippen molar-refractivity contribution in [1.82, 2.24) is 20.1 Å². The summed E-state index contributed by atoms with van der Waals surface area (Å²) in [5.74, 6) is 0.641. The van der Waals surface area contributed by atoms with Gasteiger partial charge in [0.15, 0.2) is 0 Å². The standard InChI is InChI=1S/C13H23N5O/c1-3-11-12(4-2)16-17-13(15-11)14-5-6-18-7-9-19-10-8-18/h3-10H2,1-2H3,(H,14,15,17). The maximum Gasteiger partial charge on any atom is 0.243 e. The van der Waals surface area contributed by atoms with E-state index in [1.54, 1.807) is 0 Å². The second-order valence-corrected chi connectivity index (χ2v) is 4.62. The first-order chi connectivity index (χ1) is 9.33. The maximum atomic E-state index is 5.32. The van der Waals surface area contributed by atoms with Gasteiger partial charge in [-0.25, -0.2) is 4.98 Å². The van der Waals surface area contributed by atoms with Crippen molar-refractivity contribution in [3.8, 4) is 0 Å². The number of rotatable bonds is 6. The van der Waals surface area contributed by atoms with E-state index in [1.807, 2.05) is 0 Å². The minimum atomic E-state index is 0.641. The summed E-state index contributed by atoms with van der Waals surface area (Å²) in [5.41, 5.74) is 2.05. The lowest BCUT2D eigenvalue weighted by Crippen LogP contribution is -2.39. The average molecular weight is 265 g/mol. The summed E-state index contributed by atoms with van der Waals surface area (Å²) in [6, 6.07) is 0. The molecule has 6 heteroatoms. The van der Waals surface area contributed by atoms with Gasteiger partial charge in [-0.2, -0.15) is 5.10 Å². The number of hydrogen-bond acceptors (Lipinski definition) is 6. The molecule has 0 unspecified atom stereocenters. The molecule has 0 radical (unpaired) electrons. The molecule has 0 spiro atoms. The zero-order valence-corrected chi connectivity index (χ0v) is 11.9. The Morgan fingerprint density at radius 2 is 1.84 bits per heavy atom. The van der Waals surface area contributed by atoms with Crippen LogP contribution in [0.15, 0.2) is 0 Å². The SMILES string of the molecule is CCc1nnc(NCCN2CCOCC2)nc1CC. The Morgan fingerprint density at radius 1 is 1.11 bits per heavy atom. The molecule has 106 valence electrons. The third-order valence-electron chi connectivity index (χ3n) is 3.32.